The van der Waals surface area contributed by atoms with E-state index >= 15 is 0 Å². The minimum absolute atomic E-state index is 0.0971. The van der Waals surface area contributed by atoms with Crippen LogP contribution in [0.25, 0.3) is 0 Å². The zero-order chi connectivity index (χ0) is 13.8. The Balaban J connectivity index is 2.22. The van der Waals surface area contributed by atoms with E-state index in [0.717, 1.165) is 12.3 Å². The molecule has 0 fully saturated rings. The zero-order valence-electron chi connectivity index (χ0n) is 9.46. The average Bonchev–Trinajstić information content (AvgIpc) is 2.41. The molecule has 6 nitrogen and oxygen atoms in total. The highest BCUT2D eigenvalue weighted by Gasteiger charge is 2.06. The molecule has 0 aliphatic carbocycles. The number of aromatic nitrogens is 2. The summed E-state index contributed by atoms with van der Waals surface area (Å²) in [7, 11) is 0. The standard InChI is InChI=1S/C12H7FN4O2/c13-9-2-1-8(3-7(9)4-14)17-11-6-15-10(5-16-11)12(18)19/h1-3,5-6H,(H,16,17)(H,18,19). The molecule has 0 atom stereocenters. The number of benzene rings is 1. The molecule has 0 radical (unpaired) electrons. The summed E-state index contributed by atoms with van der Waals surface area (Å²) in [6, 6.07) is 5.62. The minimum atomic E-state index is -1.17. The van der Waals surface area contributed by atoms with Gasteiger partial charge in [0.25, 0.3) is 0 Å². The summed E-state index contributed by atoms with van der Waals surface area (Å²) in [5.74, 6) is -1.49. The summed E-state index contributed by atoms with van der Waals surface area (Å²) in [5.41, 5.74) is 0.179. The largest absolute Gasteiger partial charge is 0.476 e. The molecule has 7 heteroatoms. The maximum Gasteiger partial charge on any atom is 0.356 e. The molecule has 0 amide bonds. The van der Waals surface area contributed by atoms with E-state index in [2.05, 4.69) is 15.3 Å². The van der Waals surface area contributed by atoms with Crippen LogP contribution < -0.4 is 5.32 Å². The van der Waals surface area contributed by atoms with E-state index in [1.54, 1.807) is 6.07 Å². The van der Waals surface area contributed by atoms with Crippen LogP contribution in [0.5, 0.6) is 0 Å². The summed E-state index contributed by atoms with van der Waals surface area (Å²) >= 11 is 0. The van der Waals surface area contributed by atoms with Crippen molar-refractivity contribution in [2.45, 2.75) is 0 Å². The van der Waals surface area contributed by atoms with Crippen LogP contribution in [0.1, 0.15) is 16.1 Å². The van der Waals surface area contributed by atoms with Crippen molar-refractivity contribution in [1.82, 2.24) is 9.97 Å². The van der Waals surface area contributed by atoms with Gasteiger partial charge in [0.15, 0.2) is 5.69 Å². The highest BCUT2D eigenvalue weighted by Crippen LogP contribution is 2.17. The van der Waals surface area contributed by atoms with Crippen molar-refractivity contribution in [3.63, 3.8) is 0 Å². The van der Waals surface area contributed by atoms with Gasteiger partial charge in [-0.25, -0.2) is 19.2 Å². The van der Waals surface area contributed by atoms with Gasteiger partial charge in [0.1, 0.15) is 17.7 Å². The molecule has 1 aromatic heterocycles. The lowest BCUT2D eigenvalue weighted by Crippen LogP contribution is -2.02. The second kappa shape index (κ2) is 5.10. The first-order valence-corrected chi connectivity index (χ1v) is 5.12. The summed E-state index contributed by atoms with van der Waals surface area (Å²) in [6.45, 7) is 0. The third kappa shape index (κ3) is 2.81. The Labute approximate surface area is 107 Å². The molecular formula is C12H7FN4O2. The van der Waals surface area contributed by atoms with Crippen LogP contribution >= 0.6 is 0 Å². The molecule has 2 rings (SSSR count). The third-order valence-corrected chi connectivity index (χ3v) is 2.23. The SMILES string of the molecule is N#Cc1cc(Nc2cnc(C(=O)O)cn2)ccc1F. The Bertz CT molecular complexity index is 664. The lowest BCUT2D eigenvalue weighted by Gasteiger charge is -2.05. The third-order valence-electron chi connectivity index (χ3n) is 2.23. The molecule has 19 heavy (non-hydrogen) atoms. The van der Waals surface area contributed by atoms with Gasteiger partial charge in [0.05, 0.1) is 18.0 Å². The van der Waals surface area contributed by atoms with Crippen LogP contribution in [0.15, 0.2) is 30.6 Å². The van der Waals surface area contributed by atoms with E-state index in [9.17, 15) is 9.18 Å². The Morgan fingerprint density at radius 1 is 1.37 bits per heavy atom. The molecule has 0 bridgehead atoms. The van der Waals surface area contributed by atoms with Gasteiger partial charge in [-0.1, -0.05) is 0 Å². The number of nitriles is 1. The van der Waals surface area contributed by atoms with E-state index in [1.165, 1.54) is 18.3 Å². The van der Waals surface area contributed by atoms with Crippen molar-refractivity contribution < 1.29 is 14.3 Å². The summed E-state index contributed by atoms with van der Waals surface area (Å²) in [6.07, 6.45) is 2.33. The van der Waals surface area contributed by atoms with Crippen LogP contribution in [0, 0.1) is 17.1 Å². The molecule has 94 valence electrons. The number of carboxylic acid groups (broad SMARTS) is 1. The van der Waals surface area contributed by atoms with Crippen LogP contribution in [-0.2, 0) is 0 Å². The molecule has 0 aliphatic rings. The molecule has 0 saturated heterocycles. The number of hydrogen-bond donors (Lipinski definition) is 2. The van der Waals surface area contributed by atoms with Crippen molar-refractivity contribution in [3.05, 3.63) is 47.7 Å². The normalized spacial score (nSPS) is 9.68. The number of aromatic carboxylic acids is 1. The van der Waals surface area contributed by atoms with Crippen molar-refractivity contribution in [2.24, 2.45) is 0 Å². The van der Waals surface area contributed by atoms with Crippen molar-refractivity contribution in [3.8, 4) is 6.07 Å². The predicted molar refractivity (Wildman–Crippen MR) is 63.4 cm³/mol. The van der Waals surface area contributed by atoms with Crippen LogP contribution in [0.2, 0.25) is 0 Å². The van der Waals surface area contributed by atoms with E-state index in [-0.39, 0.29) is 11.3 Å². The Morgan fingerprint density at radius 3 is 2.74 bits per heavy atom. The van der Waals surface area contributed by atoms with E-state index in [0.29, 0.717) is 11.5 Å². The number of rotatable bonds is 3. The summed E-state index contributed by atoms with van der Waals surface area (Å²) < 4.78 is 13.1. The topological polar surface area (TPSA) is 98.9 Å². The molecule has 1 aromatic carbocycles. The van der Waals surface area contributed by atoms with Gasteiger partial charge in [0.2, 0.25) is 0 Å². The molecular weight excluding hydrogens is 251 g/mol. The van der Waals surface area contributed by atoms with Crippen molar-refractivity contribution in [1.29, 1.82) is 5.26 Å². The van der Waals surface area contributed by atoms with Gasteiger partial charge in [-0.2, -0.15) is 5.26 Å². The van der Waals surface area contributed by atoms with Crippen molar-refractivity contribution in [2.75, 3.05) is 5.32 Å². The molecule has 0 aliphatic heterocycles. The van der Waals surface area contributed by atoms with E-state index in [1.807, 2.05) is 0 Å². The molecule has 0 saturated carbocycles. The maximum absolute atomic E-state index is 13.1. The van der Waals surface area contributed by atoms with Gasteiger partial charge in [-0.15, -0.1) is 0 Å². The molecule has 2 N–H and O–H groups in total. The number of carbonyl (C=O) groups is 1. The fourth-order valence-corrected chi connectivity index (χ4v) is 1.34. The number of halogens is 1. The first-order valence-electron chi connectivity index (χ1n) is 5.12. The number of hydrogen-bond acceptors (Lipinski definition) is 5. The number of carboxylic acids is 1. The monoisotopic (exact) mass is 258 g/mol. The van der Waals surface area contributed by atoms with Crippen LogP contribution in [0.3, 0.4) is 0 Å². The summed E-state index contributed by atoms with van der Waals surface area (Å²) in [4.78, 5) is 18.1. The van der Waals surface area contributed by atoms with Gasteiger partial charge < -0.3 is 10.4 Å². The second-order valence-electron chi connectivity index (χ2n) is 3.52. The fraction of sp³-hybridized carbons (Fsp3) is 0. The molecule has 1 heterocycles. The Morgan fingerprint density at radius 2 is 2.16 bits per heavy atom. The predicted octanol–water partition coefficient (Wildman–Crippen LogP) is 1.93. The number of nitrogens with zero attached hydrogens (tertiary/aromatic N) is 3. The number of anilines is 2. The van der Waals surface area contributed by atoms with Crippen molar-refractivity contribution >= 4 is 17.5 Å². The van der Waals surface area contributed by atoms with E-state index < -0.39 is 11.8 Å². The highest BCUT2D eigenvalue weighted by molar-refractivity contribution is 5.85. The van der Waals surface area contributed by atoms with Gasteiger partial charge >= 0.3 is 5.97 Å². The molecule has 0 unspecified atom stereocenters. The van der Waals surface area contributed by atoms with Crippen LogP contribution in [0.4, 0.5) is 15.9 Å². The second-order valence-corrected chi connectivity index (χ2v) is 3.52. The maximum atomic E-state index is 13.1. The van der Waals surface area contributed by atoms with Gasteiger partial charge in [-0.3, -0.25) is 0 Å². The Kier molecular flexibility index (Phi) is 3.34. The lowest BCUT2D eigenvalue weighted by molar-refractivity contribution is 0.0690. The quantitative estimate of drug-likeness (QED) is 0.872. The summed E-state index contributed by atoms with van der Waals surface area (Å²) in [5, 5.41) is 20.1. The van der Waals surface area contributed by atoms with Crippen LogP contribution in [-0.4, -0.2) is 21.0 Å². The van der Waals surface area contributed by atoms with Gasteiger partial charge in [0, 0.05) is 5.69 Å². The van der Waals surface area contributed by atoms with E-state index in [4.69, 9.17) is 10.4 Å². The number of nitrogens with one attached hydrogen (secondary N) is 1. The minimum Gasteiger partial charge on any atom is -0.476 e. The highest BCUT2D eigenvalue weighted by atomic mass is 19.1. The lowest BCUT2D eigenvalue weighted by atomic mass is 10.2. The first-order chi connectivity index (χ1) is 9.10. The van der Waals surface area contributed by atoms with Gasteiger partial charge in [-0.05, 0) is 18.2 Å². The Hall–Kier alpha value is -3.01. The average molecular weight is 258 g/mol. The fourth-order valence-electron chi connectivity index (χ4n) is 1.34. The smallest absolute Gasteiger partial charge is 0.356 e. The zero-order valence-corrected chi connectivity index (χ0v) is 9.46. The first kappa shape index (κ1) is 12.4. The molecule has 0 spiro atoms. The molecule has 2 aromatic rings.